The van der Waals surface area contributed by atoms with Crippen molar-refractivity contribution in [3.05, 3.63) is 72.9 Å². The van der Waals surface area contributed by atoms with Gasteiger partial charge in [-0.05, 0) is 83.5 Å². The van der Waals surface area contributed by atoms with Gasteiger partial charge in [-0.3, -0.25) is 14.1 Å². The molecule has 0 bridgehead atoms. The molecule has 6 atom stereocenters. The Morgan fingerprint density at radius 1 is 0.515 bits per heavy atom. The van der Waals surface area contributed by atoms with Gasteiger partial charge in [-0.2, -0.15) is 8.42 Å². The van der Waals surface area contributed by atoms with E-state index in [1.165, 1.54) is 77.0 Å². The van der Waals surface area contributed by atoms with Crippen LogP contribution in [0.5, 0.6) is 0 Å². The number of aliphatic hydroxyl groups is 3. The minimum atomic E-state index is -4.61. The van der Waals surface area contributed by atoms with Crippen LogP contribution in [0.1, 0.15) is 206 Å². The molecule has 1 aliphatic heterocycles. The summed E-state index contributed by atoms with van der Waals surface area (Å²) in [5, 5.41) is 31.0. The Morgan fingerprint density at radius 3 is 1.38 bits per heavy atom. The number of carbonyl (C=O) groups excluding carboxylic acids is 2. The second kappa shape index (κ2) is 44.1. The predicted octanol–water partition coefficient (Wildman–Crippen LogP) is 12.2. The first-order chi connectivity index (χ1) is 33.0. The quantitative estimate of drug-likeness (QED) is 0.0196. The second-order valence-electron chi connectivity index (χ2n) is 18.2. The third kappa shape index (κ3) is 37.9. The van der Waals surface area contributed by atoms with E-state index in [4.69, 9.17) is 18.9 Å². The van der Waals surface area contributed by atoms with Crippen LogP contribution in [0.15, 0.2) is 72.9 Å². The minimum absolute atomic E-state index is 0.151. The average Bonchev–Trinajstić information content (AvgIpc) is 3.31. The third-order valence-corrected chi connectivity index (χ3v) is 12.5. The molecular formula is C55H94O12S. The van der Waals surface area contributed by atoms with Crippen molar-refractivity contribution in [1.82, 2.24) is 0 Å². The number of ether oxygens (including phenoxy) is 4. The molecule has 0 spiro atoms. The topological polar surface area (TPSA) is 186 Å². The Balaban J connectivity index is 2.37. The number of hydrogen-bond donors (Lipinski definition) is 4. The molecule has 0 aromatic rings. The molecule has 0 radical (unpaired) electrons. The van der Waals surface area contributed by atoms with Gasteiger partial charge in [0, 0.05) is 12.8 Å². The predicted molar refractivity (Wildman–Crippen MR) is 275 cm³/mol. The molecule has 6 unspecified atom stereocenters. The summed E-state index contributed by atoms with van der Waals surface area (Å²) < 4.78 is 54.3. The Morgan fingerprint density at radius 2 is 0.926 bits per heavy atom. The summed E-state index contributed by atoms with van der Waals surface area (Å²) in [5.74, 6) is -2.00. The van der Waals surface area contributed by atoms with E-state index in [1.807, 2.05) is 0 Å². The Labute approximate surface area is 412 Å². The lowest BCUT2D eigenvalue weighted by molar-refractivity contribution is -0.297. The molecule has 1 heterocycles. The third-order valence-electron chi connectivity index (χ3n) is 11.8. The maximum Gasteiger partial charge on any atom is 0.306 e. The molecule has 68 heavy (non-hydrogen) atoms. The lowest BCUT2D eigenvalue weighted by Crippen LogP contribution is -2.60. The number of allylic oxidation sites excluding steroid dienone is 12. The van der Waals surface area contributed by atoms with Gasteiger partial charge in [-0.1, -0.05) is 183 Å². The van der Waals surface area contributed by atoms with Crippen molar-refractivity contribution in [3.8, 4) is 0 Å². The highest BCUT2D eigenvalue weighted by molar-refractivity contribution is 7.85. The van der Waals surface area contributed by atoms with E-state index in [2.05, 4.69) is 86.8 Å². The fourth-order valence-corrected chi connectivity index (χ4v) is 8.39. The van der Waals surface area contributed by atoms with Gasteiger partial charge in [0.05, 0.1) is 6.61 Å². The van der Waals surface area contributed by atoms with E-state index in [0.717, 1.165) is 89.9 Å². The molecule has 0 amide bonds. The summed E-state index contributed by atoms with van der Waals surface area (Å²) in [5.41, 5.74) is 0. The standard InChI is InChI=1S/C55H94O12S/c1-3-5-7-9-11-13-15-17-19-21-23-24-26-28-30-32-34-36-38-40-42-44-51(57)66-48(46-65-55-54(60)53(59)52(58)49(67-55)47-68(61,62)63)45-64-50(56)43-41-39-37-35-33-31-29-27-25-22-20-18-16-14-12-10-8-6-4-2/h5,7,11-14,17-20,23-24,48-49,52-55,58-60H,3-4,6,8-10,15-16,21-22,25-47H2,1-2H3,(H,61,62,63)/b7-5-,13-11-,14-12-,19-17-,20-18-,24-23-. The summed E-state index contributed by atoms with van der Waals surface area (Å²) in [7, 11) is -4.61. The van der Waals surface area contributed by atoms with E-state index in [-0.39, 0.29) is 19.4 Å². The highest BCUT2D eigenvalue weighted by Gasteiger charge is 2.46. The zero-order valence-electron chi connectivity index (χ0n) is 42.2. The van der Waals surface area contributed by atoms with Crippen LogP contribution < -0.4 is 0 Å². The Hall–Kier alpha value is -2.91. The van der Waals surface area contributed by atoms with Crippen LogP contribution in [-0.2, 0) is 38.7 Å². The normalized spacial score (nSPS) is 19.8. The largest absolute Gasteiger partial charge is 0.462 e. The zero-order valence-corrected chi connectivity index (χ0v) is 43.0. The summed E-state index contributed by atoms with van der Waals surface area (Å²) in [6, 6.07) is 0. The van der Waals surface area contributed by atoms with Gasteiger partial charge in [0.1, 0.15) is 36.8 Å². The smallest absolute Gasteiger partial charge is 0.306 e. The van der Waals surface area contributed by atoms with E-state index >= 15 is 0 Å². The lowest BCUT2D eigenvalue weighted by atomic mass is 10.00. The molecule has 392 valence electrons. The van der Waals surface area contributed by atoms with Gasteiger partial charge in [0.25, 0.3) is 10.1 Å². The van der Waals surface area contributed by atoms with Crippen LogP contribution in [-0.4, -0.2) is 96.0 Å². The monoisotopic (exact) mass is 979 g/mol. The van der Waals surface area contributed by atoms with Gasteiger partial charge in [0.2, 0.25) is 0 Å². The van der Waals surface area contributed by atoms with Gasteiger partial charge < -0.3 is 34.3 Å². The second-order valence-corrected chi connectivity index (χ2v) is 19.7. The number of unbranched alkanes of at least 4 members (excludes halogenated alkanes) is 20. The first-order valence-corrected chi connectivity index (χ1v) is 28.1. The summed E-state index contributed by atoms with van der Waals surface area (Å²) in [6.45, 7) is 3.63. The Kier molecular flexibility index (Phi) is 40.9. The van der Waals surface area contributed by atoms with Crippen molar-refractivity contribution in [2.24, 2.45) is 0 Å². The number of carbonyl (C=O) groups is 2. The van der Waals surface area contributed by atoms with Crippen molar-refractivity contribution in [2.45, 2.75) is 243 Å². The summed E-state index contributed by atoms with van der Waals surface area (Å²) in [4.78, 5) is 25.6. The van der Waals surface area contributed by atoms with Crippen molar-refractivity contribution in [1.29, 1.82) is 0 Å². The van der Waals surface area contributed by atoms with Crippen LogP contribution in [0.4, 0.5) is 0 Å². The van der Waals surface area contributed by atoms with Crippen LogP contribution in [0.2, 0.25) is 0 Å². The Bertz CT molecular complexity index is 1520. The molecule has 0 aromatic carbocycles. The summed E-state index contributed by atoms with van der Waals surface area (Å²) >= 11 is 0. The lowest BCUT2D eigenvalue weighted by Gasteiger charge is -2.40. The fraction of sp³-hybridized carbons (Fsp3) is 0.745. The highest BCUT2D eigenvalue weighted by atomic mass is 32.2. The number of rotatable bonds is 44. The molecule has 0 aliphatic carbocycles. The molecule has 0 saturated carbocycles. The molecule has 1 saturated heterocycles. The molecule has 1 rings (SSSR count). The first-order valence-electron chi connectivity index (χ1n) is 26.5. The average molecular weight is 979 g/mol. The van der Waals surface area contributed by atoms with Crippen LogP contribution in [0.3, 0.4) is 0 Å². The molecule has 1 aliphatic rings. The van der Waals surface area contributed by atoms with Crippen molar-refractivity contribution in [3.63, 3.8) is 0 Å². The molecule has 13 heteroatoms. The van der Waals surface area contributed by atoms with Gasteiger partial charge in [-0.25, -0.2) is 0 Å². The van der Waals surface area contributed by atoms with Crippen LogP contribution in [0.25, 0.3) is 0 Å². The molecule has 4 N–H and O–H groups in total. The molecular weight excluding hydrogens is 885 g/mol. The van der Waals surface area contributed by atoms with E-state index in [1.54, 1.807) is 0 Å². The maximum absolute atomic E-state index is 12.9. The molecule has 0 aromatic heterocycles. The SMILES string of the molecule is CC/C=C\C/C=C\C/C=C\C/C=C\CCCCCCCCCCC(=O)OC(COC(=O)CCCCCCCCCCC/C=C\C/C=C\CCCCC)COC1OC(CS(=O)(=O)O)C(O)C(O)C1O. The van der Waals surface area contributed by atoms with Crippen LogP contribution >= 0.6 is 0 Å². The zero-order chi connectivity index (χ0) is 49.8. The van der Waals surface area contributed by atoms with Crippen LogP contribution in [0, 0.1) is 0 Å². The van der Waals surface area contributed by atoms with Gasteiger partial charge in [-0.15, -0.1) is 0 Å². The van der Waals surface area contributed by atoms with Crippen molar-refractivity contribution >= 4 is 22.1 Å². The minimum Gasteiger partial charge on any atom is -0.462 e. The van der Waals surface area contributed by atoms with E-state index in [9.17, 15) is 37.9 Å². The van der Waals surface area contributed by atoms with Crippen molar-refractivity contribution in [2.75, 3.05) is 19.0 Å². The fourth-order valence-electron chi connectivity index (χ4n) is 7.70. The maximum atomic E-state index is 12.9. The first kappa shape index (κ1) is 63.1. The van der Waals surface area contributed by atoms with Gasteiger partial charge >= 0.3 is 11.9 Å². The molecule has 12 nitrogen and oxygen atoms in total. The summed E-state index contributed by atoms with van der Waals surface area (Å²) in [6.07, 6.45) is 47.9. The van der Waals surface area contributed by atoms with Crippen molar-refractivity contribution < 1.29 is 56.8 Å². The molecule has 1 fully saturated rings. The number of aliphatic hydroxyl groups excluding tert-OH is 3. The number of hydrogen-bond acceptors (Lipinski definition) is 11. The number of esters is 2. The van der Waals surface area contributed by atoms with E-state index in [0.29, 0.717) is 12.8 Å². The van der Waals surface area contributed by atoms with E-state index < -0.39 is 71.2 Å². The highest BCUT2D eigenvalue weighted by Crippen LogP contribution is 2.24. The van der Waals surface area contributed by atoms with Gasteiger partial charge in [0.15, 0.2) is 12.4 Å².